The van der Waals surface area contributed by atoms with Crippen LogP contribution in [-0.2, 0) is 47.8 Å². The molecule has 0 saturated heterocycles. The molecule has 0 fully saturated rings. The Balaban J connectivity index is -0.00000188. The third-order valence-corrected chi connectivity index (χ3v) is 8.74. The topological polar surface area (TPSA) is 519 Å². The van der Waals surface area contributed by atoms with Gasteiger partial charge in [0, 0.05) is 36.5 Å². The highest BCUT2D eigenvalue weighted by Gasteiger charge is 2.71. The van der Waals surface area contributed by atoms with Gasteiger partial charge in [0.15, 0.2) is 11.2 Å². The summed E-state index contributed by atoms with van der Waals surface area (Å²) >= 11 is 0. The Labute approximate surface area is 377 Å². The fourth-order valence-electron chi connectivity index (χ4n) is 4.87. The molecule has 0 saturated carbocycles. The van der Waals surface area contributed by atoms with Crippen LogP contribution in [-0.4, -0.2) is 216 Å². The average molecular weight is 969 g/mol. The number of carboxylic acids is 8. The first-order chi connectivity index (χ1) is 31.1. The molecule has 0 aromatic rings. The van der Waals surface area contributed by atoms with E-state index in [1.54, 1.807) is 0 Å². The van der Waals surface area contributed by atoms with Gasteiger partial charge >= 0.3 is 47.8 Å². The van der Waals surface area contributed by atoms with Crippen molar-refractivity contribution in [2.24, 2.45) is 16.2 Å². The van der Waals surface area contributed by atoms with Gasteiger partial charge in [-0.25, -0.2) is 38.4 Å². The van der Waals surface area contributed by atoms with Gasteiger partial charge in [-0.2, -0.15) is 0 Å². The van der Waals surface area contributed by atoms with Gasteiger partial charge in [0.2, 0.25) is 0 Å². The summed E-state index contributed by atoms with van der Waals surface area (Å²) in [6, 6.07) is 0. The lowest BCUT2D eigenvalue weighted by Gasteiger charge is -2.59. The number of aliphatic carboxylic acids is 8. The van der Waals surface area contributed by atoms with Crippen molar-refractivity contribution in [1.82, 2.24) is 0 Å². The standard InChI is InChI=1S/C29H28O20.2C5H12O4/c30-17-29(26(47,9-1-18(31)32)10-2-19(33)34,27(11-3-20(35)36,12-4-21(37)38)48-15-7-24(43)44)28(13-5-22(39)40,14-6-23(41)42)49-16-8-25(45)46;2*6-1-5(2-7,3-8)4-9/h1-16,30,47H,17H2,(H,31,32)(H,33,34)(H,35,36)(H,37,38)(H,39,40)(H,41,42)(H,43,44)(H,45,46);2*6-9H,1-4H2. The van der Waals surface area contributed by atoms with E-state index in [1.807, 2.05) is 0 Å². The summed E-state index contributed by atoms with van der Waals surface area (Å²) in [5, 5.41) is 167. The van der Waals surface area contributed by atoms with Gasteiger partial charge in [-0.1, -0.05) is 0 Å². The molecule has 0 aliphatic rings. The van der Waals surface area contributed by atoms with Crippen LogP contribution in [0.25, 0.3) is 0 Å². The summed E-state index contributed by atoms with van der Waals surface area (Å²) in [5.74, 6) is -15.1. The maximum absolute atomic E-state index is 12.3. The van der Waals surface area contributed by atoms with Crippen molar-refractivity contribution in [1.29, 1.82) is 0 Å². The Kier molecular flexibility index (Phi) is 29.6. The molecule has 376 valence electrons. The number of rotatable bonds is 30. The Bertz CT molecular complexity index is 1680. The maximum atomic E-state index is 12.3. The van der Waals surface area contributed by atoms with E-state index in [1.165, 1.54) is 0 Å². The van der Waals surface area contributed by atoms with Crippen molar-refractivity contribution in [2.45, 2.75) is 16.8 Å². The van der Waals surface area contributed by atoms with Crippen LogP contribution in [0.4, 0.5) is 0 Å². The highest BCUT2D eigenvalue weighted by atomic mass is 16.5. The Morgan fingerprint density at radius 2 is 0.507 bits per heavy atom. The largest absolute Gasteiger partial charge is 0.485 e. The summed E-state index contributed by atoms with van der Waals surface area (Å²) in [6.07, 6.45) is 2.76. The zero-order valence-corrected chi connectivity index (χ0v) is 34.7. The van der Waals surface area contributed by atoms with Crippen molar-refractivity contribution in [3.8, 4) is 0 Å². The number of aliphatic hydroxyl groups excluding tert-OH is 9. The van der Waals surface area contributed by atoms with Gasteiger partial charge in [-0.3, -0.25) is 0 Å². The molecule has 0 aromatic heterocycles. The highest BCUT2D eigenvalue weighted by molar-refractivity contribution is 5.85. The lowest BCUT2D eigenvalue weighted by molar-refractivity contribution is -0.208. The van der Waals surface area contributed by atoms with Crippen LogP contribution in [0.2, 0.25) is 0 Å². The van der Waals surface area contributed by atoms with Crippen LogP contribution in [0.15, 0.2) is 97.6 Å². The van der Waals surface area contributed by atoms with E-state index in [0.29, 0.717) is 0 Å². The van der Waals surface area contributed by atoms with E-state index in [4.69, 9.17) is 50.3 Å². The molecule has 0 bridgehead atoms. The highest BCUT2D eigenvalue weighted by Crippen LogP contribution is 2.57. The summed E-state index contributed by atoms with van der Waals surface area (Å²) in [6.45, 7) is -5.21. The third kappa shape index (κ3) is 20.3. The van der Waals surface area contributed by atoms with Crippen LogP contribution < -0.4 is 0 Å². The molecule has 0 aromatic carbocycles. The minimum atomic E-state index is -3.63. The van der Waals surface area contributed by atoms with Gasteiger partial charge < -0.3 is 101 Å². The summed E-state index contributed by atoms with van der Waals surface area (Å²) in [4.78, 5) is 93.2. The summed E-state index contributed by atoms with van der Waals surface area (Å²) in [7, 11) is 0. The van der Waals surface area contributed by atoms with Crippen molar-refractivity contribution in [3.05, 3.63) is 97.6 Å². The first-order valence-electron chi connectivity index (χ1n) is 18.0. The van der Waals surface area contributed by atoms with E-state index in [9.17, 15) is 89.4 Å². The first kappa shape index (κ1) is 64.2. The number of aliphatic hydroxyl groups is 10. The molecule has 28 nitrogen and oxygen atoms in total. The molecule has 0 spiro atoms. The summed E-state index contributed by atoms with van der Waals surface area (Å²) in [5.41, 5.74) is -16.2. The molecule has 67 heavy (non-hydrogen) atoms. The molecule has 0 aliphatic carbocycles. The fraction of sp³-hybridized carbons (Fsp3) is 0.385. The molecule has 0 atom stereocenters. The zero-order valence-electron chi connectivity index (χ0n) is 34.7. The number of carbonyl (C=O) groups is 8. The fourth-order valence-corrected chi connectivity index (χ4v) is 4.87. The van der Waals surface area contributed by atoms with E-state index >= 15 is 0 Å². The first-order valence-corrected chi connectivity index (χ1v) is 18.0. The molecule has 0 radical (unpaired) electrons. The molecule has 0 rings (SSSR count). The summed E-state index contributed by atoms with van der Waals surface area (Å²) < 4.78 is 11.0. The average Bonchev–Trinajstić information content (AvgIpc) is 3.27. The van der Waals surface area contributed by atoms with Crippen LogP contribution in [0.1, 0.15) is 0 Å². The van der Waals surface area contributed by atoms with Gasteiger partial charge in [-0.05, 0) is 36.5 Å². The predicted octanol–water partition coefficient (Wildman–Crippen LogP) is -4.87. The Morgan fingerprint density at radius 3 is 0.657 bits per heavy atom. The number of hydrogen-bond acceptors (Lipinski definition) is 20. The van der Waals surface area contributed by atoms with Crippen LogP contribution in [0.5, 0.6) is 0 Å². The molecule has 0 aliphatic heterocycles. The third-order valence-electron chi connectivity index (χ3n) is 8.74. The van der Waals surface area contributed by atoms with Crippen LogP contribution in [0.3, 0.4) is 0 Å². The molecule has 18 N–H and O–H groups in total. The van der Waals surface area contributed by atoms with Gasteiger partial charge in [0.1, 0.15) is 11.0 Å². The molecule has 0 heterocycles. The Morgan fingerprint density at radius 1 is 0.313 bits per heavy atom. The number of carboxylic acid groups (broad SMARTS) is 8. The van der Waals surface area contributed by atoms with Crippen molar-refractivity contribution >= 4 is 47.8 Å². The van der Waals surface area contributed by atoms with Crippen molar-refractivity contribution in [2.75, 3.05) is 59.5 Å². The lowest BCUT2D eigenvalue weighted by atomic mass is 9.52. The number of ether oxygens (including phenoxy) is 2. The predicted molar refractivity (Wildman–Crippen MR) is 218 cm³/mol. The smallest absolute Gasteiger partial charge is 0.331 e. The second-order valence-corrected chi connectivity index (χ2v) is 13.3. The zero-order chi connectivity index (χ0) is 52.7. The quantitative estimate of drug-likeness (QED) is 0.0237. The van der Waals surface area contributed by atoms with E-state index in [-0.39, 0.29) is 97.6 Å². The van der Waals surface area contributed by atoms with E-state index in [2.05, 4.69) is 0 Å². The van der Waals surface area contributed by atoms with Crippen LogP contribution in [0, 0.1) is 16.2 Å². The minimum absolute atomic E-state index is 0.0793. The molecule has 0 amide bonds. The van der Waals surface area contributed by atoms with Crippen LogP contribution >= 0.6 is 0 Å². The number of hydrogen-bond donors (Lipinski definition) is 18. The van der Waals surface area contributed by atoms with E-state index in [0.717, 1.165) is 0 Å². The maximum Gasteiger partial charge on any atom is 0.331 e. The van der Waals surface area contributed by atoms with E-state index < -0.39 is 140 Å². The molecular weight excluding hydrogens is 916 g/mol. The molecular formula is C39H52O28. The van der Waals surface area contributed by atoms with Crippen molar-refractivity contribution < 1.29 is 140 Å². The molecule has 28 heteroatoms. The van der Waals surface area contributed by atoms with Crippen molar-refractivity contribution in [3.63, 3.8) is 0 Å². The van der Waals surface area contributed by atoms with Gasteiger partial charge in [-0.15, -0.1) is 0 Å². The van der Waals surface area contributed by atoms with Gasteiger partial charge in [0.25, 0.3) is 0 Å². The lowest BCUT2D eigenvalue weighted by Crippen LogP contribution is -2.72. The van der Waals surface area contributed by atoms with Gasteiger partial charge in [0.05, 0.1) is 95.0 Å². The normalized spacial score (nSPS) is 15.9. The monoisotopic (exact) mass is 968 g/mol. The second kappa shape index (κ2) is 30.9. The minimum Gasteiger partial charge on any atom is -0.485 e. The Hall–Kier alpha value is -7.12. The second-order valence-electron chi connectivity index (χ2n) is 13.3. The molecule has 0 unspecified atom stereocenters. The SMILES string of the molecule is O=C(O)C=COC(C=CC(=O)O)(C=CC(=O)O)C(CO)(C(O)(C=CC(=O)O)C=CC(=O)O)C(C=CC(=O)O)(C=CC(=O)O)OC=CC(=O)O.OCC(CO)(CO)CO.OCC(CO)(CO)CO.